The minimum absolute atomic E-state index is 0.169. The molecule has 2 rings (SSSR count). The lowest BCUT2D eigenvalue weighted by atomic mass is 9.88. The van der Waals surface area contributed by atoms with Crippen LogP contribution in [0.4, 0.5) is 5.82 Å². The maximum atomic E-state index is 5.55. The van der Waals surface area contributed by atoms with Crippen LogP contribution in [0.15, 0.2) is 18.3 Å². The fraction of sp³-hybridized carbons (Fsp3) is 0.667. The van der Waals surface area contributed by atoms with Gasteiger partial charge in [0.15, 0.2) is 0 Å². The molecule has 0 unspecified atom stereocenters. The predicted molar refractivity (Wildman–Crippen MR) is 75.0 cm³/mol. The van der Waals surface area contributed by atoms with Gasteiger partial charge in [0.2, 0.25) is 0 Å². The Balaban J connectivity index is 1.85. The van der Waals surface area contributed by atoms with Crippen LogP contribution in [-0.4, -0.2) is 23.7 Å². The molecule has 0 aromatic carbocycles. The number of rotatable bonds is 4. The first-order valence-electron chi connectivity index (χ1n) is 6.83. The van der Waals surface area contributed by atoms with Crippen molar-refractivity contribution >= 4 is 5.82 Å². The first kappa shape index (κ1) is 13.3. The molecule has 0 bridgehead atoms. The van der Waals surface area contributed by atoms with Crippen LogP contribution < -0.4 is 5.32 Å². The Kier molecular flexibility index (Phi) is 3.91. The van der Waals surface area contributed by atoms with E-state index in [0.717, 1.165) is 25.3 Å². The monoisotopic (exact) mass is 248 g/mol. The number of hydrogen-bond donors (Lipinski definition) is 1. The molecule has 18 heavy (non-hydrogen) atoms. The number of hydrogen-bond acceptors (Lipinski definition) is 3. The van der Waals surface area contributed by atoms with E-state index in [4.69, 9.17) is 4.74 Å². The van der Waals surface area contributed by atoms with Gasteiger partial charge in [0.25, 0.3) is 0 Å². The Morgan fingerprint density at radius 3 is 2.56 bits per heavy atom. The SMILES string of the molecule is CCOC1CC(Nc2ccc(C(C)(C)C)cn2)C1. The van der Waals surface area contributed by atoms with Crippen molar-refractivity contribution in [1.82, 2.24) is 4.98 Å². The van der Waals surface area contributed by atoms with Gasteiger partial charge >= 0.3 is 0 Å². The summed E-state index contributed by atoms with van der Waals surface area (Å²) in [4.78, 5) is 4.49. The molecule has 1 aliphatic carbocycles. The van der Waals surface area contributed by atoms with Crippen LogP contribution in [0.25, 0.3) is 0 Å². The molecule has 0 aliphatic heterocycles. The molecule has 0 amide bonds. The molecule has 3 heteroatoms. The third-order valence-corrected chi connectivity index (χ3v) is 3.48. The summed E-state index contributed by atoms with van der Waals surface area (Å²) in [7, 11) is 0. The zero-order valence-electron chi connectivity index (χ0n) is 11.9. The van der Waals surface area contributed by atoms with Crippen LogP contribution in [0.2, 0.25) is 0 Å². The van der Waals surface area contributed by atoms with Gasteiger partial charge in [-0.15, -0.1) is 0 Å². The molecule has 1 aromatic heterocycles. The maximum absolute atomic E-state index is 5.55. The van der Waals surface area contributed by atoms with E-state index in [2.05, 4.69) is 43.2 Å². The third kappa shape index (κ3) is 3.22. The lowest BCUT2D eigenvalue weighted by Gasteiger charge is -2.35. The smallest absolute Gasteiger partial charge is 0.126 e. The zero-order chi connectivity index (χ0) is 13.2. The average molecular weight is 248 g/mol. The molecule has 1 fully saturated rings. The fourth-order valence-electron chi connectivity index (χ4n) is 2.19. The van der Waals surface area contributed by atoms with Crippen LogP contribution in [0.5, 0.6) is 0 Å². The summed E-state index contributed by atoms with van der Waals surface area (Å²) in [5.74, 6) is 0.975. The summed E-state index contributed by atoms with van der Waals surface area (Å²) in [6.07, 6.45) is 4.61. The highest BCUT2D eigenvalue weighted by Crippen LogP contribution is 2.27. The topological polar surface area (TPSA) is 34.1 Å². The highest BCUT2D eigenvalue weighted by Gasteiger charge is 2.29. The molecule has 1 heterocycles. The summed E-state index contributed by atoms with van der Waals surface area (Å²) in [5.41, 5.74) is 1.44. The van der Waals surface area contributed by atoms with Crippen LogP contribution in [0, 0.1) is 0 Å². The van der Waals surface area contributed by atoms with Gasteiger partial charge in [0.05, 0.1) is 6.10 Å². The number of aromatic nitrogens is 1. The van der Waals surface area contributed by atoms with Crippen LogP contribution in [0.3, 0.4) is 0 Å². The highest BCUT2D eigenvalue weighted by atomic mass is 16.5. The molecule has 1 aliphatic rings. The summed E-state index contributed by atoms with van der Waals surface area (Å²) in [6, 6.07) is 4.76. The van der Waals surface area contributed by atoms with Crippen molar-refractivity contribution in [2.45, 2.75) is 58.1 Å². The van der Waals surface area contributed by atoms with Crippen molar-refractivity contribution in [2.24, 2.45) is 0 Å². The summed E-state index contributed by atoms with van der Waals surface area (Å²) >= 11 is 0. The molecule has 100 valence electrons. The summed E-state index contributed by atoms with van der Waals surface area (Å²) < 4.78 is 5.55. The van der Waals surface area contributed by atoms with Crippen molar-refractivity contribution in [3.8, 4) is 0 Å². The van der Waals surface area contributed by atoms with Gasteiger partial charge in [-0.2, -0.15) is 0 Å². The summed E-state index contributed by atoms with van der Waals surface area (Å²) in [6.45, 7) is 9.48. The number of anilines is 1. The van der Waals surface area contributed by atoms with Gasteiger partial charge in [-0.05, 0) is 36.8 Å². The molecule has 0 atom stereocenters. The number of pyridine rings is 1. The normalized spacial score (nSPS) is 23.6. The Hall–Kier alpha value is -1.09. The molecular formula is C15H24N2O. The van der Waals surface area contributed by atoms with Crippen LogP contribution in [-0.2, 0) is 10.2 Å². The third-order valence-electron chi connectivity index (χ3n) is 3.48. The van der Waals surface area contributed by atoms with Gasteiger partial charge in [-0.25, -0.2) is 4.98 Å². The fourth-order valence-corrected chi connectivity index (χ4v) is 2.19. The molecule has 0 saturated heterocycles. The van der Waals surface area contributed by atoms with E-state index in [9.17, 15) is 0 Å². The average Bonchev–Trinajstić information content (AvgIpc) is 2.26. The number of nitrogens with zero attached hydrogens (tertiary/aromatic N) is 1. The molecule has 0 radical (unpaired) electrons. The largest absolute Gasteiger partial charge is 0.378 e. The van der Waals surface area contributed by atoms with Crippen molar-refractivity contribution in [3.63, 3.8) is 0 Å². The predicted octanol–water partition coefficient (Wildman–Crippen LogP) is 3.36. The second kappa shape index (κ2) is 5.27. The van der Waals surface area contributed by atoms with Gasteiger partial charge < -0.3 is 10.1 Å². The van der Waals surface area contributed by atoms with Gasteiger partial charge in [-0.3, -0.25) is 0 Å². The highest BCUT2D eigenvalue weighted by molar-refractivity contribution is 5.38. The van der Waals surface area contributed by atoms with E-state index in [-0.39, 0.29) is 5.41 Å². The summed E-state index contributed by atoms with van der Waals surface area (Å²) in [5, 5.41) is 3.45. The van der Waals surface area contributed by atoms with Crippen molar-refractivity contribution in [1.29, 1.82) is 0 Å². The van der Waals surface area contributed by atoms with Crippen molar-refractivity contribution in [2.75, 3.05) is 11.9 Å². The van der Waals surface area contributed by atoms with E-state index < -0.39 is 0 Å². The lowest BCUT2D eigenvalue weighted by molar-refractivity contribution is 0.00292. The first-order valence-corrected chi connectivity index (χ1v) is 6.83. The van der Waals surface area contributed by atoms with Gasteiger partial charge in [0, 0.05) is 18.8 Å². The van der Waals surface area contributed by atoms with E-state index in [0.29, 0.717) is 12.1 Å². The molecule has 1 saturated carbocycles. The Labute approximate surface area is 110 Å². The molecule has 0 spiro atoms. The minimum Gasteiger partial charge on any atom is -0.378 e. The Morgan fingerprint density at radius 1 is 1.33 bits per heavy atom. The molecule has 3 nitrogen and oxygen atoms in total. The Bertz CT molecular complexity index is 374. The quantitative estimate of drug-likeness (QED) is 0.887. The second-order valence-electron chi connectivity index (χ2n) is 6.07. The van der Waals surface area contributed by atoms with Crippen molar-refractivity contribution < 1.29 is 4.74 Å². The minimum atomic E-state index is 0.169. The number of ether oxygens (including phenoxy) is 1. The van der Waals surface area contributed by atoms with Gasteiger partial charge in [0.1, 0.15) is 5.82 Å². The second-order valence-corrected chi connectivity index (χ2v) is 6.07. The number of nitrogens with one attached hydrogen (secondary N) is 1. The van der Waals surface area contributed by atoms with E-state index >= 15 is 0 Å². The lowest BCUT2D eigenvalue weighted by Crippen LogP contribution is -2.41. The molecular weight excluding hydrogens is 224 g/mol. The first-order chi connectivity index (χ1) is 8.49. The maximum Gasteiger partial charge on any atom is 0.126 e. The zero-order valence-corrected chi connectivity index (χ0v) is 11.9. The molecule has 1 aromatic rings. The van der Waals surface area contributed by atoms with Crippen molar-refractivity contribution in [3.05, 3.63) is 23.9 Å². The van der Waals surface area contributed by atoms with E-state index in [1.165, 1.54) is 5.56 Å². The van der Waals surface area contributed by atoms with Crippen LogP contribution in [0.1, 0.15) is 46.1 Å². The van der Waals surface area contributed by atoms with Crippen LogP contribution >= 0.6 is 0 Å². The Morgan fingerprint density at radius 2 is 2.06 bits per heavy atom. The molecule has 1 N–H and O–H groups in total. The van der Waals surface area contributed by atoms with Gasteiger partial charge in [-0.1, -0.05) is 26.8 Å². The van der Waals surface area contributed by atoms with E-state index in [1.807, 2.05) is 13.1 Å². The standard InChI is InChI=1S/C15H24N2O/c1-5-18-13-8-12(9-13)17-14-7-6-11(10-16-14)15(2,3)4/h6-7,10,12-13H,5,8-9H2,1-4H3,(H,16,17). The van der Waals surface area contributed by atoms with E-state index in [1.54, 1.807) is 0 Å².